The molecular weight excluding hydrogens is 241 g/mol. The summed E-state index contributed by atoms with van der Waals surface area (Å²) in [6, 6.07) is 2.91. The summed E-state index contributed by atoms with van der Waals surface area (Å²) in [6.45, 7) is 0. The lowest BCUT2D eigenvalue weighted by Crippen LogP contribution is -2.17. The first-order chi connectivity index (χ1) is 7.81. The Morgan fingerprint density at radius 1 is 1.41 bits per heavy atom. The Hall–Kier alpha value is -2.05. The van der Waals surface area contributed by atoms with Gasteiger partial charge in [-0.1, -0.05) is 6.07 Å². The summed E-state index contributed by atoms with van der Waals surface area (Å²) in [5, 5.41) is 8.52. The van der Waals surface area contributed by atoms with E-state index in [9.17, 15) is 22.8 Å². The Labute approximate surface area is 93.6 Å². The van der Waals surface area contributed by atoms with Crippen molar-refractivity contribution < 1.29 is 32.6 Å². The molecule has 1 N–H and O–H groups in total. The summed E-state index contributed by atoms with van der Waals surface area (Å²) >= 11 is 0. The van der Waals surface area contributed by atoms with E-state index in [0.717, 1.165) is 18.2 Å². The topological polar surface area (TPSA) is 63.6 Å². The second-order valence-corrected chi connectivity index (χ2v) is 3.10. The Balaban J connectivity index is 3.00. The first-order valence-electron chi connectivity index (χ1n) is 4.37. The van der Waals surface area contributed by atoms with E-state index >= 15 is 0 Å². The van der Waals surface area contributed by atoms with Crippen molar-refractivity contribution in [2.75, 3.05) is 0 Å². The fourth-order valence-corrected chi connectivity index (χ4v) is 1.20. The number of benzene rings is 1. The molecule has 0 radical (unpaired) electrons. The Morgan fingerprint density at radius 2 is 2.06 bits per heavy atom. The molecule has 0 saturated heterocycles. The maximum absolute atomic E-state index is 11.9. The number of carbonyl (C=O) groups is 2. The predicted octanol–water partition coefficient (Wildman–Crippen LogP) is 2.02. The SMILES string of the molecule is O=Cc1cc(OC(F)(F)F)ccc1CC(=O)O. The van der Waals surface area contributed by atoms with Gasteiger partial charge in [0, 0.05) is 5.56 Å². The first-order valence-corrected chi connectivity index (χ1v) is 4.37. The van der Waals surface area contributed by atoms with E-state index in [2.05, 4.69) is 4.74 Å². The van der Waals surface area contributed by atoms with Gasteiger partial charge in [-0.2, -0.15) is 0 Å². The molecule has 0 fully saturated rings. The molecule has 92 valence electrons. The molecule has 0 aliphatic rings. The lowest BCUT2D eigenvalue weighted by atomic mass is 10.1. The van der Waals surface area contributed by atoms with Crippen molar-refractivity contribution in [2.45, 2.75) is 12.8 Å². The lowest BCUT2D eigenvalue weighted by Gasteiger charge is -2.10. The van der Waals surface area contributed by atoms with Crippen molar-refractivity contribution in [1.82, 2.24) is 0 Å². The summed E-state index contributed by atoms with van der Waals surface area (Å²) in [5.74, 6) is -1.74. The largest absolute Gasteiger partial charge is 0.573 e. The van der Waals surface area contributed by atoms with E-state index in [1.807, 2.05) is 0 Å². The number of carboxylic acids is 1. The summed E-state index contributed by atoms with van der Waals surface area (Å²) < 4.78 is 39.2. The smallest absolute Gasteiger partial charge is 0.481 e. The summed E-state index contributed by atoms with van der Waals surface area (Å²) in [6.07, 6.45) is -5.02. The number of rotatable bonds is 4. The quantitative estimate of drug-likeness (QED) is 0.828. The zero-order valence-corrected chi connectivity index (χ0v) is 8.32. The molecule has 0 spiro atoms. The van der Waals surface area contributed by atoms with E-state index in [1.54, 1.807) is 0 Å². The maximum atomic E-state index is 11.9. The predicted molar refractivity (Wildman–Crippen MR) is 49.9 cm³/mol. The second-order valence-electron chi connectivity index (χ2n) is 3.10. The molecule has 0 heterocycles. The van der Waals surface area contributed by atoms with Gasteiger partial charge in [-0.15, -0.1) is 13.2 Å². The maximum Gasteiger partial charge on any atom is 0.573 e. The van der Waals surface area contributed by atoms with Crippen molar-refractivity contribution in [3.05, 3.63) is 29.3 Å². The molecule has 4 nitrogen and oxygen atoms in total. The molecule has 0 aliphatic carbocycles. The van der Waals surface area contributed by atoms with Crippen LogP contribution in [0.5, 0.6) is 5.75 Å². The molecule has 0 aromatic heterocycles. The van der Waals surface area contributed by atoms with Gasteiger partial charge < -0.3 is 9.84 Å². The number of alkyl halides is 3. The minimum absolute atomic E-state index is 0.127. The van der Waals surface area contributed by atoms with Gasteiger partial charge >= 0.3 is 12.3 Å². The highest BCUT2D eigenvalue weighted by atomic mass is 19.4. The minimum Gasteiger partial charge on any atom is -0.481 e. The van der Waals surface area contributed by atoms with E-state index in [-0.39, 0.29) is 17.4 Å². The monoisotopic (exact) mass is 248 g/mol. The first kappa shape index (κ1) is 13.0. The van der Waals surface area contributed by atoms with Gasteiger partial charge in [0.1, 0.15) is 12.0 Å². The highest BCUT2D eigenvalue weighted by molar-refractivity contribution is 5.81. The van der Waals surface area contributed by atoms with Crippen LogP contribution in [0.1, 0.15) is 15.9 Å². The molecule has 0 saturated carbocycles. The van der Waals surface area contributed by atoms with Crippen molar-refractivity contribution >= 4 is 12.3 Å². The lowest BCUT2D eigenvalue weighted by molar-refractivity contribution is -0.274. The molecule has 0 atom stereocenters. The van der Waals surface area contributed by atoms with Crippen LogP contribution >= 0.6 is 0 Å². The van der Waals surface area contributed by atoms with Crippen LogP contribution in [0, 0.1) is 0 Å². The molecule has 0 unspecified atom stereocenters. The molecule has 1 rings (SSSR count). The number of halogens is 3. The highest BCUT2D eigenvalue weighted by Crippen LogP contribution is 2.24. The Bertz CT molecular complexity index is 440. The molecular formula is C10H7F3O4. The molecule has 7 heteroatoms. The van der Waals surface area contributed by atoms with Gasteiger partial charge in [0.15, 0.2) is 0 Å². The number of ether oxygens (including phenoxy) is 1. The fourth-order valence-electron chi connectivity index (χ4n) is 1.20. The van der Waals surface area contributed by atoms with E-state index in [1.165, 1.54) is 0 Å². The van der Waals surface area contributed by atoms with Crippen molar-refractivity contribution in [2.24, 2.45) is 0 Å². The number of hydrogen-bond acceptors (Lipinski definition) is 3. The van der Waals surface area contributed by atoms with Crippen LogP contribution in [0.2, 0.25) is 0 Å². The average molecular weight is 248 g/mol. The molecule has 1 aromatic rings. The number of aliphatic carboxylic acids is 1. The van der Waals surface area contributed by atoms with Gasteiger partial charge in [-0.25, -0.2) is 0 Å². The van der Waals surface area contributed by atoms with Crippen LogP contribution in [0.3, 0.4) is 0 Å². The van der Waals surface area contributed by atoms with Gasteiger partial charge in [0.2, 0.25) is 0 Å². The van der Waals surface area contributed by atoms with E-state index in [4.69, 9.17) is 5.11 Å². The number of aldehydes is 1. The Kier molecular flexibility index (Phi) is 3.72. The zero-order valence-electron chi connectivity index (χ0n) is 8.32. The van der Waals surface area contributed by atoms with Crippen LogP contribution in [0.25, 0.3) is 0 Å². The third-order valence-corrected chi connectivity index (χ3v) is 1.82. The summed E-state index contributed by atoms with van der Waals surface area (Å²) in [5.41, 5.74) is -0.0174. The third kappa shape index (κ3) is 4.13. The third-order valence-electron chi connectivity index (χ3n) is 1.82. The van der Waals surface area contributed by atoms with Crippen molar-refractivity contribution in [3.8, 4) is 5.75 Å². The number of hydrogen-bond donors (Lipinski definition) is 1. The van der Waals surface area contributed by atoms with Crippen molar-refractivity contribution in [3.63, 3.8) is 0 Å². The van der Waals surface area contributed by atoms with Gasteiger partial charge in [0.25, 0.3) is 0 Å². The van der Waals surface area contributed by atoms with E-state index < -0.39 is 24.5 Å². The Morgan fingerprint density at radius 3 is 2.53 bits per heavy atom. The van der Waals surface area contributed by atoms with Gasteiger partial charge in [0.05, 0.1) is 6.42 Å². The van der Waals surface area contributed by atoms with Crippen LogP contribution < -0.4 is 4.74 Å². The second kappa shape index (κ2) is 4.86. The molecule has 17 heavy (non-hydrogen) atoms. The molecule has 1 aromatic carbocycles. The number of carboxylic acid groups (broad SMARTS) is 1. The average Bonchev–Trinajstić information content (AvgIpc) is 2.17. The minimum atomic E-state index is -4.85. The van der Waals surface area contributed by atoms with Crippen LogP contribution in [0.4, 0.5) is 13.2 Å². The standard InChI is InChI=1S/C10H7F3O4/c11-10(12,13)17-8-2-1-6(4-9(15)16)7(3-8)5-14/h1-3,5H,4H2,(H,15,16). The van der Waals surface area contributed by atoms with Crippen LogP contribution in [-0.4, -0.2) is 23.7 Å². The van der Waals surface area contributed by atoms with Crippen LogP contribution in [-0.2, 0) is 11.2 Å². The van der Waals surface area contributed by atoms with Gasteiger partial charge in [-0.05, 0) is 17.7 Å². The number of carbonyl (C=O) groups excluding carboxylic acids is 1. The zero-order chi connectivity index (χ0) is 13.1. The van der Waals surface area contributed by atoms with E-state index in [0.29, 0.717) is 0 Å². The van der Waals surface area contributed by atoms with Crippen molar-refractivity contribution in [1.29, 1.82) is 0 Å². The van der Waals surface area contributed by atoms with Crippen LogP contribution in [0.15, 0.2) is 18.2 Å². The summed E-state index contributed by atoms with van der Waals surface area (Å²) in [4.78, 5) is 21.0. The molecule has 0 amide bonds. The van der Waals surface area contributed by atoms with Gasteiger partial charge in [-0.3, -0.25) is 9.59 Å². The highest BCUT2D eigenvalue weighted by Gasteiger charge is 2.31. The molecule has 0 bridgehead atoms. The molecule has 0 aliphatic heterocycles. The fraction of sp³-hybridized carbons (Fsp3) is 0.200. The normalized spacial score (nSPS) is 11.0. The summed E-state index contributed by atoms with van der Waals surface area (Å²) in [7, 11) is 0.